The van der Waals surface area contributed by atoms with Crippen LogP contribution in [0.4, 0.5) is 0 Å². The maximum atomic E-state index is 13.0. The highest BCUT2D eigenvalue weighted by Crippen LogP contribution is 2.42. The first-order chi connectivity index (χ1) is 15.3. The van der Waals surface area contributed by atoms with Gasteiger partial charge in [0, 0.05) is 23.7 Å². The van der Waals surface area contributed by atoms with E-state index in [1.165, 1.54) is 12.0 Å². The number of benzene rings is 2. The summed E-state index contributed by atoms with van der Waals surface area (Å²) in [6.07, 6.45) is 0. The first-order valence-corrected chi connectivity index (χ1v) is 10.7. The van der Waals surface area contributed by atoms with Crippen LogP contribution in [0.2, 0.25) is 5.02 Å². The highest BCUT2D eigenvalue weighted by molar-refractivity contribution is 6.46. The smallest absolute Gasteiger partial charge is 0.295 e. The molecule has 1 aliphatic heterocycles. The van der Waals surface area contributed by atoms with Crippen molar-refractivity contribution in [3.63, 3.8) is 0 Å². The monoisotopic (exact) mass is 458 g/mol. The first-order valence-electron chi connectivity index (χ1n) is 10.3. The van der Waals surface area contributed by atoms with Gasteiger partial charge in [-0.3, -0.25) is 9.59 Å². The van der Waals surface area contributed by atoms with Crippen LogP contribution >= 0.6 is 11.6 Å². The molecule has 1 saturated heterocycles. The Morgan fingerprint density at radius 1 is 1.12 bits per heavy atom. The van der Waals surface area contributed by atoms with Crippen molar-refractivity contribution in [2.24, 2.45) is 0 Å². The number of ketones is 1. The van der Waals surface area contributed by atoms with E-state index >= 15 is 0 Å². The second-order valence-electron chi connectivity index (χ2n) is 7.65. The number of nitrogens with zero attached hydrogens (tertiary/aromatic N) is 2. The number of hydrogen-bond acceptors (Lipinski definition) is 6. The standard InChI is InChI=1S/C24H27ClN2O5/c1-5-32-18-11-8-16(14-19(18)31-4)21-20(22(28)15-6-9-17(25)10-7-15)23(29)24(30)27(21)13-12-26(2)3/h6-11,14,21,28H,5,12-13H2,1-4H3/t21-/m0/s1. The largest absolute Gasteiger partial charge is 0.507 e. The fraction of sp³-hybridized carbons (Fsp3) is 0.333. The molecule has 1 aliphatic rings. The second-order valence-corrected chi connectivity index (χ2v) is 8.08. The molecule has 1 heterocycles. The number of aliphatic hydroxyl groups excluding tert-OH is 1. The molecule has 2 aromatic rings. The number of rotatable bonds is 8. The number of methoxy groups -OCH3 is 1. The average molecular weight is 459 g/mol. The molecule has 1 amide bonds. The van der Waals surface area contributed by atoms with Gasteiger partial charge in [0.1, 0.15) is 5.76 Å². The number of likely N-dealkylation sites (tertiary alicyclic amines) is 1. The van der Waals surface area contributed by atoms with Gasteiger partial charge in [-0.1, -0.05) is 17.7 Å². The third-order valence-corrected chi connectivity index (χ3v) is 5.50. The molecule has 170 valence electrons. The zero-order chi connectivity index (χ0) is 23.4. The third-order valence-electron chi connectivity index (χ3n) is 5.25. The SMILES string of the molecule is CCOc1ccc([C@H]2C(=C(O)c3ccc(Cl)cc3)C(=O)C(=O)N2CCN(C)C)cc1OC. The van der Waals surface area contributed by atoms with Crippen molar-refractivity contribution in [3.05, 3.63) is 64.2 Å². The fourth-order valence-electron chi connectivity index (χ4n) is 3.66. The van der Waals surface area contributed by atoms with E-state index in [1.807, 2.05) is 25.9 Å². The number of Topliss-reactive ketones (excluding diaryl/α,β-unsaturated/α-hetero) is 1. The lowest BCUT2D eigenvalue weighted by Gasteiger charge is -2.27. The Balaban J connectivity index is 2.16. The molecule has 0 radical (unpaired) electrons. The molecular formula is C24H27ClN2O5. The Kier molecular flexibility index (Phi) is 7.43. The third kappa shape index (κ3) is 4.74. The number of aliphatic hydroxyl groups is 1. The van der Waals surface area contributed by atoms with Crippen LogP contribution < -0.4 is 9.47 Å². The summed E-state index contributed by atoms with van der Waals surface area (Å²) in [4.78, 5) is 29.4. The highest BCUT2D eigenvalue weighted by Gasteiger charge is 2.46. The Bertz CT molecular complexity index is 1030. The van der Waals surface area contributed by atoms with E-state index < -0.39 is 17.7 Å². The fourth-order valence-corrected chi connectivity index (χ4v) is 3.78. The molecule has 2 aromatic carbocycles. The van der Waals surface area contributed by atoms with Crippen molar-refractivity contribution < 1.29 is 24.2 Å². The molecule has 7 nitrogen and oxygen atoms in total. The number of carbonyl (C=O) groups excluding carboxylic acids is 2. The minimum atomic E-state index is -0.768. The normalized spacial score (nSPS) is 17.8. The van der Waals surface area contributed by atoms with Crippen LogP contribution in [-0.2, 0) is 9.59 Å². The Morgan fingerprint density at radius 3 is 2.41 bits per heavy atom. The van der Waals surface area contributed by atoms with Crippen molar-refractivity contribution >= 4 is 29.1 Å². The number of carbonyl (C=O) groups is 2. The lowest BCUT2D eigenvalue weighted by atomic mass is 9.95. The molecule has 1 atom stereocenters. The summed E-state index contributed by atoms with van der Waals surface area (Å²) in [5, 5.41) is 11.6. The number of ether oxygens (including phenoxy) is 2. The van der Waals surface area contributed by atoms with E-state index in [4.69, 9.17) is 21.1 Å². The molecule has 0 unspecified atom stereocenters. The maximum Gasteiger partial charge on any atom is 0.295 e. The zero-order valence-electron chi connectivity index (χ0n) is 18.6. The van der Waals surface area contributed by atoms with Crippen LogP contribution in [0.25, 0.3) is 5.76 Å². The van der Waals surface area contributed by atoms with Crippen LogP contribution in [0, 0.1) is 0 Å². The molecule has 8 heteroatoms. The average Bonchev–Trinajstić information content (AvgIpc) is 3.03. The summed E-state index contributed by atoms with van der Waals surface area (Å²) in [6.45, 7) is 3.21. The van der Waals surface area contributed by atoms with Crippen molar-refractivity contribution in [3.8, 4) is 11.5 Å². The molecule has 0 spiro atoms. The van der Waals surface area contributed by atoms with Gasteiger partial charge < -0.3 is 24.4 Å². The predicted molar refractivity (Wildman–Crippen MR) is 123 cm³/mol. The van der Waals surface area contributed by atoms with Gasteiger partial charge in [0.15, 0.2) is 11.5 Å². The van der Waals surface area contributed by atoms with Crippen LogP contribution in [0.15, 0.2) is 48.0 Å². The Hall–Kier alpha value is -3.03. The molecule has 3 rings (SSSR count). The van der Waals surface area contributed by atoms with Gasteiger partial charge in [-0.05, 0) is 63.0 Å². The Morgan fingerprint density at radius 2 is 1.81 bits per heavy atom. The van der Waals surface area contributed by atoms with E-state index in [-0.39, 0.29) is 11.3 Å². The summed E-state index contributed by atoms with van der Waals surface area (Å²) in [5.74, 6) is -0.588. The summed E-state index contributed by atoms with van der Waals surface area (Å²) in [7, 11) is 5.30. The number of halogens is 1. The quantitative estimate of drug-likeness (QED) is 0.369. The van der Waals surface area contributed by atoms with Crippen LogP contribution in [0.3, 0.4) is 0 Å². The van der Waals surface area contributed by atoms with E-state index in [2.05, 4.69) is 0 Å². The van der Waals surface area contributed by atoms with Crippen LogP contribution in [0.5, 0.6) is 11.5 Å². The van der Waals surface area contributed by atoms with E-state index in [9.17, 15) is 14.7 Å². The van der Waals surface area contributed by atoms with Gasteiger partial charge in [-0.15, -0.1) is 0 Å². The topological polar surface area (TPSA) is 79.3 Å². The summed E-state index contributed by atoms with van der Waals surface area (Å²) >= 11 is 5.96. The first kappa shape index (κ1) is 23.6. The second kappa shape index (κ2) is 10.1. The van der Waals surface area contributed by atoms with Gasteiger partial charge in [0.05, 0.1) is 25.3 Å². The minimum absolute atomic E-state index is 0.0299. The van der Waals surface area contributed by atoms with Gasteiger partial charge in [0.2, 0.25) is 0 Å². The molecule has 32 heavy (non-hydrogen) atoms. The molecule has 1 fully saturated rings. The van der Waals surface area contributed by atoms with Crippen molar-refractivity contribution in [1.82, 2.24) is 9.80 Å². The number of likely N-dealkylation sites (N-methyl/N-ethyl adjacent to an activating group) is 1. The van der Waals surface area contributed by atoms with Crippen LogP contribution in [0.1, 0.15) is 24.1 Å². The number of hydrogen-bond donors (Lipinski definition) is 1. The zero-order valence-corrected chi connectivity index (χ0v) is 19.3. The van der Waals surface area contributed by atoms with Crippen molar-refractivity contribution in [2.75, 3.05) is 40.9 Å². The minimum Gasteiger partial charge on any atom is -0.507 e. The molecule has 1 N–H and O–H groups in total. The highest BCUT2D eigenvalue weighted by atomic mass is 35.5. The van der Waals surface area contributed by atoms with Gasteiger partial charge >= 0.3 is 0 Å². The maximum absolute atomic E-state index is 13.0. The van der Waals surface area contributed by atoms with Crippen molar-refractivity contribution in [2.45, 2.75) is 13.0 Å². The molecule has 0 bridgehead atoms. The molecular weight excluding hydrogens is 432 g/mol. The predicted octanol–water partition coefficient (Wildman–Crippen LogP) is 3.73. The van der Waals surface area contributed by atoms with E-state index in [0.29, 0.717) is 47.3 Å². The number of amides is 1. The summed E-state index contributed by atoms with van der Waals surface area (Å²) in [5.41, 5.74) is 1.07. The van der Waals surface area contributed by atoms with Crippen molar-refractivity contribution in [1.29, 1.82) is 0 Å². The molecule has 0 aromatic heterocycles. The van der Waals surface area contributed by atoms with E-state index in [1.54, 1.807) is 42.5 Å². The molecule has 0 saturated carbocycles. The summed E-state index contributed by atoms with van der Waals surface area (Å²) < 4.78 is 11.1. The summed E-state index contributed by atoms with van der Waals surface area (Å²) in [6, 6.07) is 10.9. The van der Waals surface area contributed by atoms with Crippen LogP contribution in [-0.4, -0.2) is 67.5 Å². The molecule has 0 aliphatic carbocycles. The van der Waals surface area contributed by atoms with Gasteiger partial charge in [0.25, 0.3) is 11.7 Å². The van der Waals surface area contributed by atoms with E-state index in [0.717, 1.165) is 0 Å². The van der Waals surface area contributed by atoms with Gasteiger partial charge in [-0.2, -0.15) is 0 Å². The van der Waals surface area contributed by atoms with Gasteiger partial charge in [-0.25, -0.2) is 0 Å². The lowest BCUT2D eigenvalue weighted by molar-refractivity contribution is -0.140. The lowest BCUT2D eigenvalue weighted by Crippen LogP contribution is -2.35. The Labute approximate surface area is 192 Å².